The Balaban J connectivity index is 1.70. The fraction of sp³-hybridized carbons (Fsp3) is 0.471. The Bertz CT molecular complexity index is 661. The molecule has 1 aliphatic rings. The summed E-state index contributed by atoms with van der Waals surface area (Å²) in [5, 5.41) is 11.7. The van der Waals surface area contributed by atoms with Gasteiger partial charge in [-0.1, -0.05) is 23.4 Å². The molecular formula is C17H23N5O. The number of carbonyl (C=O) groups is 1. The summed E-state index contributed by atoms with van der Waals surface area (Å²) in [6.07, 6.45) is 2.33. The van der Waals surface area contributed by atoms with Gasteiger partial charge >= 0.3 is 0 Å². The van der Waals surface area contributed by atoms with Crippen LogP contribution in [-0.4, -0.2) is 52.0 Å². The van der Waals surface area contributed by atoms with Crippen molar-refractivity contribution in [2.24, 2.45) is 0 Å². The minimum atomic E-state index is 0.111. The van der Waals surface area contributed by atoms with Gasteiger partial charge in [0.05, 0.1) is 23.5 Å². The molecule has 0 spiro atoms. The van der Waals surface area contributed by atoms with Crippen molar-refractivity contribution < 1.29 is 4.79 Å². The molecule has 1 aliphatic heterocycles. The highest BCUT2D eigenvalue weighted by Crippen LogP contribution is 2.15. The van der Waals surface area contributed by atoms with Gasteiger partial charge in [-0.15, -0.1) is 5.10 Å². The average molecular weight is 313 g/mol. The summed E-state index contributed by atoms with van der Waals surface area (Å²) in [4.78, 5) is 14.4. The number of likely N-dealkylation sites (N-methyl/N-ethyl adjacent to an activating group) is 1. The van der Waals surface area contributed by atoms with Gasteiger partial charge in [-0.2, -0.15) is 0 Å². The lowest BCUT2D eigenvalue weighted by Gasteiger charge is -2.31. The maximum absolute atomic E-state index is 12.5. The van der Waals surface area contributed by atoms with Gasteiger partial charge < -0.3 is 10.2 Å². The molecule has 0 radical (unpaired) electrons. The van der Waals surface area contributed by atoms with E-state index in [2.05, 4.69) is 15.6 Å². The predicted octanol–water partition coefficient (Wildman–Crippen LogP) is 1.33. The van der Waals surface area contributed by atoms with Gasteiger partial charge in [0.1, 0.15) is 0 Å². The highest BCUT2D eigenvalue weighted by molar-refractivity contribution is 5.78. The van der Waals surface area contributed by atoms with Crippen LogP contribution in [0, 0.1) is 6.92 Å². The summed E-state index contributed by atoms with van der Waals surface area (Å²) in [6.45, 7) is 3.91. The number of carbonyl (C=O) groups excluding carboxylic acids is 1. The van der Waals surface area contributed by atoms with Crippen LogP contribution in [0.4, 0.5) is 0 Å². The van der Waals surface area contributed by atoms with Crippen LogP contribution in [0.1, 0.15) is 24.2 Å². The molecule has 0 bridgehead atoms. The monoisotopic (exact) mass is 313 g/mol. The summed E-state index contributed by atoms with van der Waals surface area (Å²) in [5.74, 6) is 0.111. The standard InChI is InChI=1S/C17H23N5O/c1-13-16(19-20-22(13)15-6-4-3-5-7-15)12-17(23)21(2)14-8-10-18-11-9-14/h3-7,14,18H,8-12H2,1-2H3. The maximum atomic E-state index is 12.5. The SMILES string of the molecule is Cc1c(CC(=O)N(C)C2CCNCC2)nnn1-c1ccccc1. The van der Waals surface area contributed by atoms with E-state index in [-0.39, 0.29) is 5.91 Å². The van der Waals surface area contributed by atoms with Gasteiger partial charge in [0.2, 0.25) is 5.91 Å². The topological polar surface area (TPSA) is 63.1 Å². The minimum absolute atomic E-state index is 0.111. The minimum Gasteiger partial charge on any atom is -0.342 e. The quantitative estimate of drug-likeness (QED) is 0.925. The van der Waals surface area contributed by atoms with Gasteiger partial charge in [-0.05, 0) is 45.0 Å². The van der Waals surface area contributed by atoms with Crippen molar-refractivity contribution in [3.8, 4) is 5.69 Å². The first-order valence-electron chi connectivity index (χ1n) is 8.10. The smallest absolute Gasteiger partial charge is 0.228 e. The van der Waals surface area contributed by atoms with E-state index >= 15 is 0 Å². The molecule has 23 heavy (non-hydrogen) atoms. The highest BCUT2D eigenvalue weighted by Gasteiger charge is 2.23. The number of nitrogens with one attached hydrogen (secondary N) is 1. The Morgan fingerprint density at radius 3 is 2.70 bits per heavy atom. The normalized spacial score (nSPS) is 15.6. The summed E-state index contributed by atoms with van der Waals surface area (Å²) < 4.78 is 1.78. The zero-order chi connectivity index (χ0) is 16.2. The Kier molecular flexibility index (Phi) is 4.71. The number of benzene rings is 1. The van der Waals surface area contributed by atoms with Crippen LogP contribution in [0.25, 0.3) is 5.69 Å². The first kappa shape index (κ1) is 15.7. The van der Waals surface area contributed by atoms with Gasteiger partial charge in [-0.25, -0.2) is 4.68 Å². The van der Waals surface area contributed by atoms with Crippen molar-refractivity contribution in [2.45, 2.75) is 32.2 Å². The van der Waals surface area contributed by atoms with E-state index < -0.39 is 0 Å². The number of amides is 1. The molecular weight excluding hydrogens is 290 g/mol. The second-order valence-electron chi connectivity index (χ2n) is 6.03. The van der Waals surface area contributed by atoms with E-state index in [1.54, 1.807) is 4.68 Å². The lowest BCUT2D eigenvalue weighted by molar-refractivity contribution is -0.131. The lowest BCUT2D eigenvalue weighted by Crippen LogP contribution is -2.44. The largest absolute Gasteiger partial charge is 0.342 e. The van der Waals surface area contributed by atoms with Crippen LogP contribution < -0.4 is 5.32 Å². The van der Waals surface area contributed by atoms with Gasteiger partial charge in [0.25, 0.3) is 0 Å². The number of rotatable bonds is 4. The molecule has 0 unspecified atom stereocenters. The number of piperidine rings is 1. The zero-order valence-corrected chi connectivity index (χ0v) is 13.7. The zero-order valence-electron chi connectivity index (χ0n) is 13.7. The second-order valence-corrected chi connectivity index (χ2v) is 6.03. The van der Waals surface area contributed by atoms with Crippen LogP contribution in [0.15, 0.2) is 30.3 Å². The Morgan fingerprint density at radius 1 is 1.30 bits per heavy atom. The molecule has 3 rings (SSSR count). The number of aromatic nitrogens is 3. The van der Waals surface area contributed by atoms with Crippen LogP contribution in [0.3, 0.4) is 0 Å². The van der Waals surface area contributed by atoms with E-state index in [9.17, 15) is 4.79 Å². The first-order valence-corrected chi connectivity index (χ1v) is 8.10. The third kappa shape index (κ3) is 3.42. The summed E-state index contributed by atoms with van der Waals surface area (Å²) in [7, 11) is 1.90. The number of hydrogen-bond donors (Lipinski definition) is 1. The summed E-state index contributed by atoms with van der Waals surface area (Å²) >= 11 is 0. The molecule has 1 fully saturated rings. The Labute approximate surface area is 136 Å². The van der Waals surface area contributed by atoms with E-state index in [0.29, 0.717) is 12.5 Å². The summed E-state index contributed by atoms with van der Waals surface area (Å²) in [5.41, 5.74) is 2.63. The third-order valence-corrected chi connectivity index (χ3v) is 4.56. The predicted molar refractivity (Wildman–Crippen MR) is 88.5 cm³/mol. The van der Waals surface area contributed by atoms with Crippen molar-refractivity contribution in [3.05, 3.63) is 41.7 Å². The van der Waals surface area contributed by atoms with Crippen molar-refractivity contribution >= 4 is 5.91 Å². The number of hydrogen-bond acceptors (Lipinski definition) is 4. The van der Waals surface area contributed by atoms with Gasteiger partial charge in [0.15, 0.2) is 0 Å². The molecule has 122 valence electrons. The number of nitrogens with zero attached hydrogens (tertiary/aromatic N) is 4. The lowest BCUT2D eigenvalue weighted by atomic mass is 10.0. The maximum Gasteiger partial charge on any atom is 0.228 e. The highest BCUT2D eigenvalue weighted by atomic mass is 16.2. The molecule has 6 heteroatoms. The second kappa shape index (κ2) is 6.91. The van der Waals surface area contributed by atoms with Crippen molar-refractivity contribution in [3.63, 3.8) is 0 Å². The van der Waals surface area contributed by atoms with E-state index in [4.69, 9.17) is 0 Å². The van der Waals surface area contributed by atoms with Crippen LogP contribution in [-0.2, 0) is 11.2 Å². The van der Waals surface area contributed by atoms with E-state index in [1.807, 2.05) is 49.2 Å². The van der Waals surface area contributed by atoms with Crippen molar-refractivity contribution in [2.75, 3.05) is 20.1 Å². The molecule has 2 heterocycles. The molecule has 0 saturated carbocycles. The van der Waals surface area contributed by atoms with Crippen LogP contribution in [0.5, 0.6) is 0 Å². The summed E-state index contributed by atoms with van der Waals surface area (Å²) in [6, 6.07) is 10.2. The van der Waals surface area contributed by atoms with Crippen LogP contribution in [0.2, 0.25) is 0 Å². The van der Waals surface area contributed by atoms with Crippen LogP contribution >= 0.6 is 0 Å². The third-order valence-electron chi connectivity index (χ3n) is 4.56. The fourth-order valence-electron chi connectivity index (χ4n) is 3.00. The van der Waals surface area contributed by atoms with Gasteiger partial charge in [0, 0.05) is 13.1 Å². The van der Waals surface area contributed by atoms with Gasteiger partial charge in [-0.3, -0.25) is 4.79 Å². The Morgan fingerprint density at radius 2 is 2.00 bits per heavy atom. The molecule has 1 saturated heterocycles. The molecule has 0 atom stereocenters. The molecule has 1 amide bonds. The van der Waals surface area contributed by atoms with Crippen molar-refractivity contribution in [1.82, 2.24) is 25.2 Å². The molecule has 1 N–H and O–H groups in total. The molecule has 1 aromatic carbocycles. The molecule has 1 aromatic heterocycles. The molecule has 2 aromatic rings. The van der Waals surface area contributed by atoms with E-state index in [0.717, 1.165) is 43.0 Å². The Hall–Kier alpha value is -2.21. The fourth-order valence-corrected chi connectivity index (χ4v) is 3.00. The van der Waals surface area contributed by atoms with E-state index in [1.165, 1.54) is 0 Å². The average Bonchev–Trinajstić information content (AvgIpc) is 2.96. The number of para-hydroxylation sites is 1. The molecule has 6 nitrogen and oxygen atoms in total. The molecule has 0 aliphatic carbocycles. The first-order chi connectivity index (χ1) is 11.2. The van der Waals surface area contributed by atoms with Crippen molar-refractivity contribution in [1.29, 1.82) is 0 Å².